The molecule has 3 rings (SSSR count). The Morgan fingerprint density at radius 3 is 2.25 bits per heavy atom. The first-order valence-electron chi connectivity index (χ1n) is 9.85. The molecule has 2 atom stereocenters. The minimum absolute atomic E-state index is 0.0281. The third kappa shape index (κ3) is 5.67. The van der Waals surface area contributed by atoms with Gasteiger partial charge in [0.05, 0.1) is 12.2 Å². The summed E-state index contributed by atoms with van der Waals surface area (Å²) in [6, 6.07) is 17.5. The second-order valence-corrected chi connectivity index (χ2v) is 7.43. The molecule has 0 saturated carbocycles. The van der Waals surface area contributed by atoms with Crippen LogP contribution in [0.4, 0.5) is 0 Å². The molecule has 2 amide bonds. The lowest BCUT2D eigenvalue weighted by atomic mass is 10.1. The minimum atomic E-state index is 0.0281. The number of aryl methyl sites for hydroxylation is 1. The second-order valence-electron chi connectivity index (χ2n) is 7.43. The number of amides is 2. The second kappa shape index (κ2) is 9.51. The fourth-order valence-corrected chi connectivity index (χ4v) is 3.48. The predicted molar refractivity (Wildman–Crippen MR) is 109 cm³/mol. The number of hydrogen-bond donors (Lipinski definition) is 1. The van der Waals surface area contributed by atoms with E-state index < -0.39 is 0 Å². The van der Waals surface area contributed by atoms with Crippen molar-refractivity contribution < 1.29 is 14.3 Å². The van der Waals surface area contributed by atoms with Crippen molar-refractivity contribution in [3.8, 4) is 0 Å². The van der Waals surface area contributed by atoms with Crippen molar-refractivity contribution in [3.63, 3.8) is 0 Å². The third-order valence-electron chi connectivity index (χ3n) is 4.88. The maximum atomic E-state index is 12.7. The molecule has 2 unspecified atom stereocenters. The first kappa shape index (κ1) is 20.1. The summed E-state index contributed by atoms with van der Waals surface area (Å²) < 4.78 is 5.69. The van der Waals surface area contributed by atoms with Gasteiger partial charge in [-0.15, -0.1) is 0 Å². The molecule has 1 aliphatic heterocycles. The monoisotopic (exact) mass is 380 g/mol. The van der Waals surface area contributed by atoms with Gasteiger partial charge in [0.25, 0.3) is 5.91 Å². The van der Waals surface area contributed by atoms with E-state index in [4.69, 9.17) is 4.74 Å². The fourth-order valence-electron chi connectivity index (χ4n) is 3.48. The van der Waals surface area contributed by atoms with Gasteiger partial charge in [-0.2, -0.15) is 0 Å². The van der Waals surface area contributed by atoms with E-state index in [0.29, 0.717) is 31.6 Å². The van der Waals surface area contributed by atoms with Gasteiger partial charge in [0, 0.05) is 31.6 Å². The molecule has 0 radical (unpaired) electrons. The van der Waals surface area contributed by atoms with Crippen LogP contribution in [-0.4, -0.2) is 42.0 Å². The maximum Gasteiger partial charge on any atom is 0.254 e. The highest BCUT2D eigenvalue weighted by molar-refractivity contribution is 5.94. The average molecular weight is 380 g/mol. The van der Waals surface area contributed by atoms with E-state index in [-0.39, 0.29) is 24.0 Å². The number of rotatable bonds is 6. The lowest BCUT2D eigenvalue weighted by molar-refractivity contribution is -0.121. The van der Waals surface area contributed by atoms with Gasteiger partial charge in [0.2, 0.25) is 5.91 Å². The lowest BCUT2D eigenvalue weighted by Gasteiger charge is -2.35. The molecule has 2 aromatic rings. The molecule has 1 fully saturated rings. The van der Waals surface area contributed by atoms with Gasteiger partial charge in [0.15, 0.2) is 0 Å². The van der Waals surface area contributed by atoms with E-state index in [1.807, 2.05) is 73.3 Å². The van der Waals surface area contributed by atoms with E-state index in [1.165, 1.54) is 0 Å². The summed E-state index contributed by atoms with van der Waals surface area (Å²) >= 11 is 0. The number of nitrogens with zero attached hydrogens (tertiary/aromatic N) is 1. The fraction of sp³-hybridized carbons (Fsp3) is 0.391. The zero-order valence-corrected chi connectivity index (χ0v) is 16.6. The largest absolute Gasteiger partial charge is 0.372 e. The lowest BCUT2D eigenvalue weighted by Crippen LogP contribution is -2.48. The molecule has 2 aromatic carbocycles. The topological polar surface area (TPSA) is 58.6 Å². The van der Waals surface area contributed by atoms with Gasteiger partial charge in [-0.1, -0.05) is 42.5 Å². The number of carbonyl (C=O) groups is 2. The van der Waals surface area contributed by atoms with Crippen LogP contribution in [0, 0.1) is 0 Å². The Morgan fingerprint density at radius 1 is 0.964 bits per heavy atom. The van der Waals surface area contributed by atoms with Crippen LogP contribution in [-0.2, 0) is 22.5 Å². The zero-order chi connectivity index (χ0) is 19.9. The number of nitrogens with one attached hydrogen (secondary N) is 1. The first-order chi connectivity index (χ1) is 13.5. The summed E-state index contributed by atoms with van der Waals surface area (Å²) in [6.45, 7) is 5.66. The Morgan fingerprint density at radius 2 is 1.61 bits per heavy atom. The highest BCUT2D eigenvalue weighted by Gasteiger charge is 2.26. The zero-order valence-electron chi connectivity index (χ0n) is 16.6. The molecular weight excluding hydrogens is 352 g/mol. The molecule has 5 heteroatoms. The molecule has 0 spiro atoms. The summed E-state index contributed by atoms with van der Waals surface area (Å²) in [4.78, 5) is 26.6. The molecule has 5 nitrogen and oxygen atoms in total. The highest BCUT2D eigenvalue weighted by atomic mass is 16.5. The number of carbonyl (C=O) groups excluding carboxylic acids is 2. The van der Waals surface area contributed by atoms with Gasteiger partial charge in [-0.05, 0) is 43.5 Å². The van der Waals surface area contributed by atoms with Gasteiger partial charge in [-0.3, -0.25) is 9.59 Å². The molecule has 28 heavy (non-hydrogen) atoms. The van der Waals surface area contributed by atoms with Crippen molar-refractivity contribution in [2.45, 2.75) is 45.4 Å². The smallest absolute Gasteiger partial charge is 0.254 e. The Balaban J connectivity index is 1.47. The number of morpholine rings is 1. The molecule has 0 aromatic heterocycles. The SMILES string of the molecule is CC1CN(C(=O)c2ccc(CNC(=O)CCc3ccccc3)cc2)CC(C)O1. The van der Waals surface area contributed by atoms with Crippen molar-refractivity contribution >= 4 is 11.8 Å². The standard InChI is InChI=1S/C23H28N2O3/c1-17-15-25(16-18(2)28-17)23(27)21-11-8-20(9-12-21)14-24-22(26)13-10-19-6-4-3-5-7-19/h3-9,11-12,17-18H,10,13-16H2,1-2H3,(H,24,26). The molecule has 1 saturated heterocycles. The van der Waals surface area contributed by atoms with Crippen LogP contribution in [0.5, 0.6) is 0 Å². The normalized spacial score (nSPS) is 19.3. The molecule has 0 aliphatic carbocycles. The van der Waals surface area contributed by atoms with Crippen molar-refractivity contribution in [3.05, 3.63) is 71.3 Å². The summed E-state index contributed by atoms with van der Waals surface area (Å²) in [5.41, 5.74) is 2.81. The molecule has 1 aliphatic rings. The Labute approximate surface area is 166 Å². The van der Waals surface area contributed by atoms with Gasteiger partial charge in [-0.25, -0.2) is 0 Å². The van der Waals surface area contributed by atoms with E-state index in [0.717, 1.165) is 17.5 Å². The Kier molecular flexibility index (Phi) is 6.82. The first-order valence-corrected chi connectivity index (χ1v) is 9.85. The summed E-state index contributed by atoms with van der Waals surface area (Å²) in [6.07, 6.45) is 1.31. The predicted octanol–water partition coefficient (Wildman–Crippen LogP) is 3.19. The van der Waals surface area contributed by atoms with Crippen LogP contribution >= 0.6 is 0 Å². The highest BCUT2D eigenvalue weighted by Crippen LogP contribution is 2.15. The van der Waals surface area contributed by atoms with Crippen LogP contribution in [0.15, 0.2) is 54.6 Å². The van der Waals surface area contributed by atoms with Crippen LogP contribution in [0.25, 0.3) is 0 Å². The van der Waals surface area contributed by atoms with E-state index in [2.05, 4.69) is 5.32 Å². The van der Waals surface area contributed by atoms with E-state index in [1.54, 1.807) is 0 Å². The van der Waals surface area contributed by atoms with Crippen LogP contribution < -0.4 is 5.32 Å². The van der Waals surface area contributed by atoms with Crippen LogP contribution in [0.3, 0.4) is 0 Å². The van der Waals surface area contributed by atoms with Crippen molar-refractivity contribution in [2.75, 3.05) is 13.1 Å². The third-order valence-corrected chi connectivity index (χ3v) is 4.88. The number of benzene rings is 2. The maximum absolute atomic E-state index is 12.7. The number of ether oxygens (including phenoxy) is 1. The van der Waals surface area contributed by atoms with Gasteiger partial charge in [0.1, 0.15) is 0 Å². The molecular formula is C23H28N2O3. The van der Waals surface area contributed by atoms with Gasteiger partial charge >= 0.3 is 0 Å². The average Bonchev–Trinajstić information content (AvgIpc) is 2.70. The van der Waals surface area contributed by atoms with E-state index in [9.17, 15) is 9.59 Å². The summed E-state index contributed by atoms with van der Waals surface area (Å²) in [5.74, 6) is 0.0562. The Hall–Kier alpha value is -2.66. The Bertz CT molecular complexity index is 779. The van der Waals surface area contributed by atoms with Crippen molar-refractivity contribution in [1.29, 1.82) is 0 Å². The molecule has 0 bridgehead atoms. The van der Waals surface area contributed by atoms with Crippen molar-refractivity contribution in [2.24, 2.45) is 0 Å². The quantitative estimate of drug-likeness (QED) is 0.837. The molecule has 148 valence electrons. The van der Waals surface area contributed by atoms with E-state index >= 15 is 0 Å². The van der Waals surface area contributed by atoms with Crippen molar-refractivity contribution in [1.82, 2.24) is 10.2 Å². The van der Waals surface area contributed by atoms with Gasteiger partial charge < -0.3 is 15.0 Å². The minimum Gasteiger partial charge on any atom is -0.372 e. The number of hydrogen-bond acceptors (Lipinski definition) is 3. The summed E-state index contributed by atoms with van der Waals surface area (Å²) in [7, 11) is 0. The van der Waals surface area contributed by atoms with Crippen LogP contribution in [0.1, 0.15) is 41.8 Å². The van der Waals surface area contributed by atoms with Crippen LogP contribution in [0.2, 0.25) is 0 Å². The molecule has 1 heterocycles. The molecule has 1 N–H and O–H groups in total. The summed E-state index contributed by atoms with van der Waals surface area (Å²) in [5, 5.41) is 2.94.